The lowest BCUT2D eigenvalue weighted by atomic mass is 10.0. The summed E-state index contributed by atoms with van der Waals surface area (Å²) < 4.78 is 0. The number of carbonyl (C=O) groups excluding carboxylic acids is 2. The van der Waals surface area contributed by atoms with Crippen molar-refractivity contribution < 1.29 is 9.59 Å². The Hall–Kier alpha value is -2.62. The van der Waals surface area contributed by atoms with Gasteiger partial charge in [-0.25, -0.2) is 0 Å². The van der Waals surface area contributed by atoms with Crippen molar-refractivity contribution in [1.29, 1.82) is 0 Å². The summed E-state index contributed by atoms with van der Waals surface area (Å²) in [7, 11) is 0. The minimum atomic E-state index is -0.522. The van der Waals surface area contributed by atoms with E-state index >= 15 is 0 Å². The number of benzene rings is 2. The Morgan fingerprint density at radius 2 is 1.52 bits per heavy atom. The van der Waals surface area contributed by atoms with Gasteiger partial charge in [0.15, 0.2) is 0 Å². The second kappa shape index (κ2) is 11.2. The molecule has 0 saturated carbocycles. The molecule has 2 rings (SSSR count). The Morgan fingerprint density at radius 3 is 2.07 bits per heavy atom. The third-order valence-electron chi connectivity index (χ3n) is 4.63. The molecule has 0 bridgehead atoms. The van der Waals surface area contributed by atoms with Gasteiger partial charge in [-0.3, -0.25) is 9.59 Å². The molecule has 27 heavy (non-hydrogen) atoms. The Labute approximate surface area is 162 Å². The molecule has 1 N–H and O–H groups in total. The molecule has 4 heteroatoms. The Kier molecular flexibility index (Phi) is 8.56. The first-order valence-electron chi connectivity index (χ1n) is 9.74. The van der Waals surface area contributed by atoms with Crippen molar-refractivity contribution in [2.75, 3.05) is 6.54 Å². The van der Waals surface area contributed by atoms with Crippen molar-refractivity contribution in [3.8, 4) is 0 Å². The van der Waals surface area contributed by atoms with Crippen molar-refractivity contribution in [2.24, 2.45) is 0 Å². The minimum absolute atomic E-state index is 0.0823. The highest BCUT2D eigenvalue weighted by Crippen LogP contribution is 2.14. The highest BCUT2D eigenvalue weighted by atomic mass is 16.2. The fourth-order valence-corrected chi connectivity index (χ4v) is 3.11. The summed E-state index contributed by atoms with van der Waals surface area (Å²) in [4.78, 5) is 27.0. The number of rotatable bonds is 10. The maximum Gasteiger partial charge on any atom is 0.243 e. The van der Waals surface area contributed by atoms with Crippen molar-refractivity contribution in [3.05, 3.63) is 71.8 Å². The van der Waals surface area contributed by atoms with Crippen molar-refractivity contribution in [2.45, 2.75) is 52.1 Å². The fourth-order valence-electron chi connectivity index (χ4n) is 3.11. The molecule has 4 nitrogen and oxygen atoms in total. The van der Waals surface area contributed by atoms with Gasteiger partial charge in [0.2, 0.25) is 11.8 Å². The van der Waals surface area contributed by atoms with Crippen molar-refractivity contribution in [1.82, 2.24) is 10.2 Å². The zero-order valence-corrected chi connectivity index (χ0v) is 16.4. The van der Waals surface area contributed by atoms with Gasteiger partial charge in [0.05, 0.1) is 0 Å². The molecule has 2 aromatic carbocycles. The zero-order valence-electron chi connectivity index (χ0n) is 16.4. The number of nitrogens with zero attached hydrogens (tertiary/aromatic N) is 1. The van der Waals surface area contributed by atoms with Crippen LogP contribution >= 0.6 is 0 Å². The second-order valence-corrected chi connectivity index (χ2v) is 6.84. The van der Waals surface area contributed by atoms with Gasteiger partial charge in [-0.2, -0.15) is 0 Å². The summed E-state index contributed by atoms with van der Waals surface area (Å²) in [5.41, 5.74) is 2.06. The van der Waals surface area contributed by atoms with E-state index in [1.165, 1.54) is 6.92 Å². The zero-order chi connectivity index (χ0) is 19.5. The van der Waals surface area contributed by atoms with E-state index in [4.69, 9.17) is 0 Å². The molecule has 0 fully saturated rings. The molecule has 0 heterocycles. The first-order valence-corrected chi connectivity index (χ1v) is 9.74. The average molecular weight is 367 g/mol. The molecule has 144 valence electrons. The Bertz CT molecular complexity index is 701. The molecular formula is C23H30N2O2. The first kappa shape index (κ1) is 20.7. The van der Waals surface area contributed by atoms with Crippen molar-refractivity contribution >= 4 is 11.8 Å². The largest absolute Gasteiger partial charge is 0.354 e. The quantitative estimate of drug-likeness (QED) is 0.647. The smallest absolute Gasteiger partial charge is 0.243 e. The number of nitrogens with one attached hydrogen (secondary N) is 1. The van der Waals surface area contributed by atoms with E-state index in [-0.39, 0.29) is 11.8 Å². The van der Waals surface area contributed by atoms with Crippen LogP contribution in [-0.2, 0) is 22.6 Å². The SMILES string of the molecule is CCCCCNC(=O)[C@@H](Cc1ccccc1)N(Cc1ccccc1)C(C)=O. The van der Waals surface area contributed by atoms with Gasteiger partial charge in [0.25, 0.3) is 0 Å². The highest BCUT2D eigenvalue weighted by Gasteiger charge is 2.28. The van der Waals surface area contributed by atoms with E-state index in [0.717, 1.165) is 30.4 Å². The van der Waals surface area contributed by atoms with Gasteiger partial charge in [-0.15, -0.1) is 0 Å². The lowest BCUT2D eigenvalue weighted by molar-refractivity contribution is -0.139. The van der Waals surface area contributed by atoms with Crippen LogP contribution in [0.2, 0.25) is 0 Å². The number of amides is 2. The van der Waals surface area contributed by atoms with Gasteiger partial charge in [-0.05, 0) is 17.5 Å². The molecule has 0 aliphatic heterocycles. The molecule has 0 radical (unpaired) electrons. The number of hydrogen-bond donors (Lipinski definition) is 1. The van der Waals surface area contributed by atoms with Crippen LogP contribution < -0.4 is 5.32 Å². The average Bonchev–Trinajstić information content (AvgIpc) is 2.69. The Balaban J connectivity index is 2.18. The van der Waals surface area contributed by atoms with Gasteiger partial charge in [0.1, 0.15) is 6.04 Å². The third-order valence-corrected chi connectivity index (χ3v) is 4.63. The molecular weight excluding hydrogens is 336 g/mol. The fraction of sp³-hybridized carbons (Fsp3) is 0.391. The lowest BCUT2D eigenvalue weighted by Gasteiger charge is -2.30. The van der Waals surface area contributed by atoms with Crippen LogP contribution in [0.4, 0.5) is 0 Å². The summed E-state index contributed by atoms with van der Waals surface area (Å²) in [5.74, 6) is -0.176. The number of hydrogen-bond acceptors (Lipinski definition) is 2. The van der Waals surface area contributed by atoms with E-state index in [1.807, 2.05) is 60.7 Å². The lowest BCUT2D eigenvalue weighted by Crippen LogP contribution is -2.50. The number of carbonyl (C=O) groups is 2. The molecule has 0 spiro atoms. The first-order chi connectivity index (χ1) is 13.1. The summed E-state index contributed by atoms with van der Waals surface area (Å²) >= 11 is 0. The predicted octanol–water partition coefficient (Wildman–Crippen LogP) is 3.95. The topological polar surface area (TPSA) is 49.4 Å². The predicted molar refractivity (Wildman–Crippen MR) is 109 cm³/mol. The summed E-state index contributed by atoms with van der Waals surface area (Å²) in [6.07, 6.45) is 3.66. The van der Waals surface area contributed by atoms with Crippen LogP contribution in [0.1, 0.15) is 44.2 Å². The molecule has 0 aliphatic rings. The molecule has 2 amide bonds. The summed E-state index contributed by atoms with van der Waals surface area (Å²) in [5, 5.41) is 3.03. The van der Waals surface area contributed by atoms with Crippen LogP contribution in [0.15, 0.2) is 60.7 Å². The van der Waals surface area contributed by atoms with E-state index in [1.54, 1.807) is 4.90 Å². The maximum absolute atomic E-state index is 12.9. The van der Waals surface area contributed by atoms with Gasteiger partial charge < -0.3 is 10.2 Å². The van der Waals surface area contributed by atoms with Gasteiger partial charge in [-0.1, -0.05) is 80.4 Å². The van der Waals surface area contributed by atoms with E-state index in [2.05, 4.69) is 12.2 Å². The monoisotopic (exact) mass is 366 g/mol. The molecule has 0 unspecified atom stereocenters. The third kappa shape index (κ3) is 6.89. The maximum atomic E-state index is 12.9. The standard InChI is InChI=1S/C23H30N2O2/c1-3-4-11-16-24-23(27)22(17-20-12-7-5-8-13-20)25(19(2)26)18-21-14-9-6-10-15-21/h5-10,12-15,22H,3-4,11,16-18H2,1-2H3,(H,24,27)/t22-/m1/s1. The summed E-state index contributed by atoms with van der Waals surface area (Å²) in [6.45, 7) is 4.74. The van der Waals surface area contributed by atoms with Gasteiger partial charge >= 0.3 is 0 Å². The number of unbranched alkanes of at least 4 members (excludes halogenated alkanes) is 2. The van der Waals surface area contributed by atoms with Gasteiger partial charge in [0, 0.05) is 26.4 Å². The van der Waals surface area contributed by atoms with E-state index in [0.29, 0.717) is 19.5 Å². The van der Waals surface area contributed by atoms with Crippen LogP contribution in [-0.4, -0.2) is 29.3 Å². The van der Waals surface area contributed by atoms with E-state index in [9.17, 15) is 9.59 Å². The van der Waals surface area contributed by atoms with Crippen LogP contribution in [0.25, 0.3) is 0 Å². The second-order valence-electron chi connectivity index (χ2n) is 6.84. The van der Waals surface area contributed by atoms with Crippen LogP contribution in [0, 0.1) is 0 Å². The summed E-state index contributed by atoms with van der Waals surface area (Å²) in [6, 6.07) is 19.2. The van der Waals surface area contributed by atoms with E-state index < -0.39 is 6.04 Å². The highest BCUT2D eigenvalue weighted by molar-refractivity contribution is 5.87. The normalized spacial score (nSPS) is 11.6. The van der Waals surface area contributed by atoms with Crippen LogP contribution in [0.5, 0.6) is 0 Å². The minimum Gasteiger partial charge on any atom is -0.354 e. The molecule has 2 aromatic rings. The molecule has 0 aromatic heterocycles. The molecule has 0 aliphatic carbocycles. The molecule has 1 atom stereocenters. The van der Waals surface area contributed by atoms with Crippen LogP contribution in [0.3, 0.4) is 0 Å². The van der Waals surface area contributed by atoms with Crippen molar-refractivity contribution in [3.63, 3.8) is 0 Å². The Morgan fingerprint density at radius 1 is 0.926 bits per heavy atom. The molecule has 0 saturated heterocycles.